The second kappa shape index (κ2) is 6.01. The molecule has 0 heterocycles. The van der Waals surface area contributed by atoms with E-state index in [1.54, 1.807) is 6.92 Å². The largest absolute Gasteiger partial charge is 0.481 e. The molecule has 0 aliphatic carbocycles. The molecule has 1 aromatic rings. The van der Waals surface area contributed by atoms with Crippen LogP contribution in [0.5, 0.6) is 0 Å². The lowest BCUT2D eigenvalue weighted by molar-refractivity contribution is -0.141. The Balaban J connectivity index is 2.51. The quantitative estimate of drug-likeness (QED) is 0.904. The number of hydrogen-bond donors (Lipinski definition) is 1. The number of halogens is 1. The summed E-state index contributed by atoms with van der Waals surface area (Å²) in [6, 6.07) is 8.03. The second-order valence-electron chi connectivity index (χ2n) is 4.07. The average Bonchev–Trinajstić information content (AvgIpc) is 2.16. The number of hydrogen-bond acceptors (Lipinski definition) is 2. The fourth-order valence-electron chi connectivity index (χ4n) is 1.56. The summed E-state index contributed by atoms with van der Waals surface area (Å²) < 4.78 is 1.05. The number of benzene rings is 1. The zero-order valence-electron chi connectivity index (χ0n) is 9.48. The highest BCUT2D eigenvalue weighted by atomic mass is 79.9. The molecule has 0 saturated heterocycles. The van der Waals surface area contributed by atoms with E-state index in [-0.39, 0.29) is 5.92 Å². The van der Waals surface area contributed by atoms with Gasteiger partial charge in [-0.3, -0.25) is 4.79 Å². The van der Waals surface area contributed by atoms with Gasteiger partial charge in [0.25, 0.3) is 0 Å². The lowest BCUT2D eigenvalue weighted by Gasteiger charge is -2.19. The van der Waals surface area contributed by atoms with Crippen LogP contribution in [0.4, 0.5) is 0 Å². The molecule has 0 radical (unpaired) electrons. The molecule has 88 valence electrons. The van der Waals surface area contributed by atoms with Crippen LogP contribution < -0.4 is 0 Å². The van der Waals surface area contributed by atoms with Crippen molar-refractivity contribution in [2.45, 2.75) is 13.5 Å². The highest BCUT2D eigenvalue weighted by molar-refractivity contribution is 9.10. The van der Waals surface area contributed by atoms with Crippen LogP contribution in [-0.4, -0.2) is 29.6 Å². The third-order valence-electron chi connectivity index (χ3n) is 2.35. The van der Waals surface area contributed by atoms with Crippen LogP contribution in [0.1, 0.15) is 12.5 Å². The van der Waals surface area contributed by atoms with Gasteiger partial charge < -0.3 is 10.0 Å². The fourth-order valence-corrected chi connectivity index (χ4v) is 2.00. The average molecular weight is 286 g/mol. The Hall–Kier alpha value is -0.870. The molecule has 0 spiro atoms. The summed E-state index contributed by atoms with van der Waals surface area (Å²) in [6.45, 7) is 3.04. The van der Waals surface area contributed by atoms with Crippen molar-refractivity contribution in [3.05, 3.63) is 34.3 Å². The highest BCUT2D eigenvalue weighted by Crippen LogP contribution is 2.13. The molecular formula is C12H16BrNO2. The number of nitrogens with zero attached hydrogens (tertiary/aromatic N) is 1. The first-order chi connectivity index (χ1) is 7.49. The zero-order valence-corrected chi connectivity index (χ0v) is 11.1. The van der Waals surface area contributed by atoms with E-state index in [4.69, 9.17) is 5.11 Å². The van der Waals surface area contributed by atoms with Gasteiger partial charge in [-0.05, 0) is 24.7 Å². The summed E-state index contributed by atoms with van der Waals surface area (Å²) in [4.78, 5) is 12.7. The van der Waals surface area contributed by atoms with Gasteiger partial charge in [-0.25, -0.2) is 0 Å². The van der Waals surface area contributed by atoms with Crippen molar-refractivity contribution in [3.63, 3.8) is 0 Å². The Kier molecular flexibility index (Phi) is 4.96. The van der Waals surface area contributed by atoms with Crippen LogP contribution in [0.3, 0.4) is 0 Å². The lowest BCUT2D eigenvalue weighted by Crippen LogP contribution is -2.28. The smallest absolute Gasteiger partial charge is 0.307 e. The Labute approximate surface area is 104 Å². The first kappa shape index (κ1) is 13.2. The standard InChI is InChI=1S/C12H16BrNO2/c1-9(12(15)16)7-14(2)8-10-4-3-5-11(13)6-10/h3-6,9H,7-8H2,1-2H3,(H,15,16). The van der Waals surface area contributed by atoms with Gasteiger partial charge in [-0.15, -0.1) is 0 Å². The van der Waals surface area contributed by atoms with E-state index in [2.05, 4.69) is 15.9 Å². The van der Waals surface area contributed by atoms with E-state index in [9.17, 15) is 4.79 Å². The molecule has 1 unspecified atom stereocenters. The maximum absolute atomic E-state index is 10.7. The summed E-state index contributed by atoms with van der Waals surface area (Å²) in [6.07, 6.45) is 0. The first-order valence-electron chi connectivity index (χ1n) is 5.15. The number of aliphatic carboxylic acids is 1. The van der Waals surface area contributed by atoms with Gasteiger partial charge in [-0.2, -0.15) is 0 Å². The number of rotatable bonds is 5. The minimum Gasteiger partial charge on any atom is -0.481 e. The minimum absolute atomic E-state index is 0.336. The van der Waals surface area contributed by atoms with Gasteiger partial charge >= 0.3 is 5.97 Å². The first-order valence-corrected chi connectivity index (χ1v) is 5.94. The summed E-state index contributed by atoms with van der Waals surface area (Å²) in [5.41, 5.74) is 1.18. The molecule has 0 fully saturated rings. The van der Waals surface area contributed by atoms with Crippen LogP contribution in [0, 0.1) is 5.92 Å². The van der Waals surface area contributed by atoms with E-state index < -0.39 is 5.97 Å². The van der Waals surface area contributed by atoms with Crippen molar-refractivity contribution < 1.29 is 9.90 Å². The van der Waals surface area contributed by atoms with Crippen LogP contribution in [0.25, 0.3) is 0 Å². The second-order valence-corrected chi connectivity index (χ2v) is 4.98. The molecule has 0 aromatic heterocycles. The van der Waals surface area contributed by atoms with Crippen LogP contribution in [0.15, 0.2) is 28.7 Å². The molecule has 16 heavy (non-hydrogen) atoms. The van der Waals surface area contributed by atoms with Gasteiger partial charge in [0.1, 0.15) is 0 Å². The van der Waals surface area contributed by atoms with Crippen molar-refractivity contribution in [2.75, 3.05) is 13.6 Å². The Morgan fingerprint density at radius 1 is 1.56 bits per heavy atom. The molecule has 0 aliphatic heterocycles. The molecule has 4 heteroatoms. The van der Waals surface area contributed by atoms with Crippen molar-refractivity contribution in [1.29, 1.82) is 0 Å². The molecule has 1 rings (SSSR count). The molecule has 3 nitrogen and oxygen atoms in total. The van der Waals surface area contributed by atoms with E-state index in [1.165, 1.54) is 5.56 Å². The molecular weight excluding hydrogens is 270 g/mol. The fraction of sp³-hybridized carbons (Fsp3) is 0.417. The van der Waals surface area contributed by atoms with Gasteiger partial charge in [0.05, 0.1) is 5.92 Å². The molecule has 1 atom stereocenters. The predicted octanol–water partition coefficient (Wildman–Crippen LogP) is 2.60. The Bertz CT molecular complexity index is 368. The number of carboxylic acid groups (broad SMARTS) is 1. The topological polar surface area (TPSA) is 40.5 Å². The summed E-state index contributed by atoms with van der Waals surface area (Å²) in [5.74, 6) is -1.08. The van der Waals surface area contributed by atoms with E-state index in [0.29, 0.717) is 6.54 Å². The van der Waals surface area contributed by atoms with E-state index >= 15 is 0 Å². The van der Waals surface area contributed by atoms with Crippen molar-refractivity contribution >= 4 is 21.9 Å². The van der Waals surface area contributed by atoms with Gasteiger partial charge in [0.2, 0.25) is 0 Å². The normalized spacial score (nSPS) is 12.8. The monoisotopic (exact) mass is 285 g/mol. The third-order valence-corrected chi connectivity index (χ3v) is 2.84. The van der Waals surface area contributed by atoms with Crippen LogP contribution in [-0.2, 0) is 11.3 Å². The molecule has 1 N–H and O–H groups in total. The summed E-state index contributed by atoms with van der Waals surface area (Å²) >= 11 is 3.41. The van der Waals surface area contributed by atoms with E-state index in [0.717, 1.165) is 11.0 Å². The number of carbonyl (C=O) groups is 1. The zero-order chi connectivity index (χ0) is 12.1. The van der Waals surface area contributed by atoms with Crippen molar-refractivity contribution in [2.24, 2.45) is 5.92 Å². The van der Waals surface area contributed by atoms with Gasteiger partial charge in [0, 0.05) is 17.6 Å². The summed E-state index contributed by atoms with van der Waals surface area (Å²) in [5, 5.41) is 8.81. The maximum atomic E-state index is 10.7. The highest BCUT2D eigenvalue weighted by Gasteiger charge is 2.13. The van der Waals surface area contributed by atoms with Crippen molar-refractivity contribution in [3.8, 4) is 0 Å². The molecule has 0 amide bonds. The van der Waals surface area contributed by atoms with Crippen LogP contribution >= 0.6 is 15.9 Å². The van der Waals surface area contributed by atoms with E-state index in [1.807, 2.05) is 36.2 Å². The minimum atomic E-state index is -0.749. The summed E-state index contributed by atoms with van der Waals surface area (Å²) in [7, 11) is 1.93. The molecule has 1 aromatic carbocycles. The van der Waals surface area contributed by atoms with Crippen LogP contribution in [0.2, 0.25) is 0 Å². The third kappa shape index (κ3) is 4.33. The SMILES string of the molecule is CC(CN(C)Cc1cccc(Br)c1)C(=O)O. The molecule has 0 saturated carbocycles. The molecule has 0 aliphatic rings. The predicted molar refractivity (Wildman–Crippen MR) is 67.3 cm³/mol. The van der Waals surface area contributed by atoms with Gasteiger partial charge in [0.15, 0.2) is 0 Å². The Morgan fingerprint density at radius 2 is 2.25 bits per heavy atom. The van der Waals surface area contributed by atoms with Gasteiger partial charge in [-0.1, -0.05) is 35.0 Å². The maximum Gasteiger partial charge on any atom is 0.307 e. The lowest BCUT2D eigenvalue weighted by atomic mass is 10.1. The number of carboxylic acids is 1. The Morgan fingerprint density at radius 3 is 2.81 bits per heavy atom. The van der Waals surface area contributed by atoms with Crippen molar-refractivity contribution in [1.82, 2.24) is 4.90 Å². The molecule has 0 bridgehead atoms.